The number of hydrogen-bond acceptors (Lipinski definition) is 7. The van der Waals surface area contributed by atoms with Gasteiger partial charge in [-0.25, -0.2) is 4.79 Å². The van der Waals surface area contributed by atoms with Crippen molar-refractivity contribution >= 4 is 12.1 Å². The minimum Gasteiger partial charge on any atom is -0.481 e. The summed E-state index contributed by atoms with van der Waals surface area (Å²) in [4.78, 5) is 34.0. The molecule has 3 aliphatic heterocycles. The number of amides is 1. The highest BCUT2D eigenvalue weighted by Gasteiger charge is 2.65. The van der Waals surface area contributed by atoms with Crippen LogP contribution in [0.5, 0.6) is 11.5 Å². The monoisotopic (exact) mass is 501 g/mol. The maximum atomic E-state index is 13.6. The lowest BCUT2D eigenvalue weighted by atomic mass is 9.53. The summed E-state index contributed by atoms with van der Waals surface area (Å²) in [6, 6.07) is 8.15. The number of hydrogen-bond donors (Lipinski definition) is 0. The molecule has 2 saturated heterocycles. The highest BCUT2D eigenvalue weighted by molar-refractivity contribution is 5.73. The molecule has 192 valence electrons. The van der Waals surface area contributed by atoms with Crippen LogP contribution in [0.4, 0.5) is 4.79 Å². The molecule has 0 radical (unpaired) electrons. The smallest absolute Gasteiger partial charge is 0.411 e. The lowest BCUT2D eigenvalue weighted by Gasteiger charge is -2.56. The SMILES string of the molecule is CC(=O)Oc1ccc2c3c1O[C@H]1[C@@H](OC(=O)N4CCC[C@H]4c4cccnc4)C=C[C@H]4[C@@H](C2)N(C)CC[C@@]341. The fourth-order valence-electron chi connectivity index (χ4n) is 7.63. The quantitative estimate of drug-likeness (QED) is 0.360. The molecule has 2 aliphatic carbocycles. The van der Waals surface area contributed by atoms with Crippen LogP contribution in [-0.2, 0) is 21.4 Å². The zero-order chi connectivity index (χ0) is 25.3. The lowest BCUT2D eigenvalue weighted by Crippen LogP contribution is -2.65. The molecule has 8 heteroatoms. The van der Waals surface area contributed by atoms with Crippen molar-refractivity contribution < 1.29 is 23.8 Å². The largest absolute Gasteiger partial charge is 0.481 e. The Bertz CT molecular complexity index is 1300. The summed E-state index contributed by atoms with van der Waals surface area (Å²) in [5.74, 6) is 0.956. The minimum atomic E-state index is -0.536. The summed E-state index contributed by atoms with van der Waals surface area (Å²) in [6.45, 7) is 2.99. The van der Waals surface area contributed by atoms with Crippen LogP contribution in [0, 0.1) is 5.92 Å². The zero-order valence-corrected chi connectivity index (χ0v) is 21.1. The third-order valence-electron chi connectivity index (χ3n) is 9.16. The van der Waals surface area contributed by atoms with Crippen molar-refractivity contribution in [3.05, 3.63) is 65.5 Å². The van der Waals surface area contributed by atoms with Crippen molar-refractivity contribution in [2.75, 3.05) is 20.1 Å². The van der Waals surface area contributed by atoms with Gasteiger partial charge in [-0.2, -0.15) is 0 Å². The summed E-state index contributed by atoms with van der Waals surface area (Å²) in [7, 11) is 2.19. The number of piperidine rings is 1. The Morgan fingerprint density at radius 1 is 1.19 bits per heavy atom. The average molecular weight is 502 g/mol. The van der Waals surface area contributed by atoms with E-state index < -0.39 is 6.10 Å². The Balaban J connectivity index is 1.24. The number of carbonyl (C=O) groups excluding carboxylic acids is 2. The van der Waals surface area contributed by atoms with Gasteiger partial charge in [0.1, 0.15) is 6.10 Å². The zero-order valence-electron chi connectivity index (χ0n) is 21.1. The number of likely N-dealkylation sites (tertiary alicyclic amines) is 2. The van der Waals surface area contributed by atoms with Crippen LogP contribution < -0.4 is 9.47 Å². The first-order valence-electron chi connectivity index (χ1n) is 13.2. The second kappa shape index (κ2) is 8.31. The third kappa shape index (κ3) is 3.27. The number of carbonyl (C=O) groups is 2. The predicted octanol–water partition coefficient (Wildman–Crippen LogP) is 3.79. The molecule has 2 aromatic rings. The maximum Gasteiger partial charge on any atom is 0.411 e. The van der Waals surface area contributed by atoms with E-state index in [1.54, 1.807) is 6.20 Å². The van der Waals surface area contributed by atoms with Gasteiger partial charge < -0.3 is 24.0 Å². The van der Waals surface area contributed by atoms with Crippen LogP contribution in [-0.4, -0.2) is 65.2 Å². The second-order valence-corrected chi connectivity index (χ2v) is 11.0. The first kappa shape index (κ1) is 22.8. The molecule has 2 bridgehead atoms. The van der Waals surface area contributed by atoms with Gasteiger partial charge in [-0.05, 0) is 68.6 Å². The summed E-state index contributed by atoms with van der Waals surface area (Å²) >= 11 is 0. The molecule has 2 fully saturated rings. The van der Waals surface area contributed by atoms with Crippen molar-refractivity contribution in [1.29, 1.82) is 0 Å². The molecular weight excluding hydrogens is 470 g/mol. The molecule has 0 N–H and O–H groups in total. The molecular formula is C29H31N3O5. The van der Waals surface area contributed by atoms with Gasteiger partial charge in [-0.3, -0.25) is 9.78 Å². The molecule has 1 amide bonds. The van der Waals surface area contributed by atoms with E-state index in [0.29, 0.717) is 24.1 Å². The van der Waals surface area contributed by atoms with Crippen LogP contribution in [0.1, 0.15) is 48.9 Å². The number of nitrogens with zero attached hydrogens (tertiary/aromatic N) is 3. The average Bonchev–Trinajstić information content (AvgIpc) is 3.52. The van der Waals surface area contributed by atoms with Crippen molar-refractivity contribution in [3.8, 4) is 11.5 Å². The number of aromatic nitrogens is 1. The number of pyridine rings is 1. The molecule has 4 heterocycles. The Hall–Kier alpha value is -3.39. The Morgan fingerprint density at radius 3 is 2.89 bits per heavy atom. The van der Waals surface area contributed by atoms with E-state index in [0.717, 1.165) is 43.4 Å². The first-order valence-corrected chi connectivity index (χ1v) is 13.2. The van der Waals surface area contributed by atoms with Gasteiger partial charge in [0.25, 0.3) is 0 Å². The second-order valence-electron chi connectivity index (χ2n) is 11.0. The van der Waals surface area contributed by atoms with Crippen LogP contribution in [0.2, 0.25) is 0 Å². The number of benzene rings is 1. The number of ether oxygens (including phenoxy) is 3. The molecule has 0 saturated carbocycles. The molecule has 37 heavy (non-hydrogen) atoms. The maximum absolute atomic E-state index is 13.6. The predicted molar refractivity (Wildman–Crippen MR) is 134 cm³/mol. The fourth-order valence-corrected chi connectivity index (χ4v) is 7.63. The summed E-state index contributed by atoms with van der Waals surface area (Å²) in [5.41, 5.74) is 3.09. The van der Waals surface area contributed by atoms with Crippen LogP contribution >= 0.6 is 0 Å². The summed E-state index contributed by atoms with van der Waals surface area (Å²) < 4.78 is 18.5. The lowest BCUT2D eigenvalue weighted by molar-refractivity contribution is -0.132. The van der Waals surface area contributed by atoms with Crippen molar-refractivity contribution in [3.63, 3.8) is 0 Å². The van der Waals surface area contributed by atoms with Gasteiger partial charge >= 0.3 is 12.1 Å². The van der Waals surface area contributed by atoms with Crippen molar-refractivity contribution in [2.24, 2.45) is 5.92 Å². The van der Waals surface area contributed by atoms with Crippen LogP contribution in [0.25, 0.3) is 0 Å². The highest BCUT2D eigenvalue weighted by Crippen LogP contribution is 2.62. The van der Waals surface area contributed by atoms with Gasteiger partial charge in [0.05, 0.1) is 6.04 Å². The highest BCUT2D eigenvalue weighted by atomic mass is 16.6. The van der Waals surface area contributed by atoms with Gasteiger partial charge in [-0.15, -0.1) is 0 Å². The van der Waals surface area contributed by atoms with Gasteiger partial charge in [0.2, 0.25) is 0 Å². The normalized spacial score (nSPS) is 33.0. The van der Waals surface area contributed by atoms with E-state index in [4.69, 9.17) is 14.2 Å². The number of rotatable bonds is 3. The van der Waals surface area contributed by atoms with Crippen LogP contribution in [0.3, 0.4) is 0 Å². The Labute approximate surface area is 216 Å². The topological polar surface area (TPSA) is 81.2 Å². The van der Waals surface area contributed by atoms with E-state index in [2.05, 4.69) is 29.1 Å². The third-order valence-corrected chi connectivity index (χ3v) is 9.16. The van der Waals surface area contributed by atoms with E-state index in [1.165, 1.54) is 12.5 Å². The molecule has 7 rings (SSSR count). The Morgan fingerprint density at radius 2 is 2.08 bits per heavy atom. The van der Waals surface area contributed by atoms with Crippen molar-refractivity contribution in [1.82, 2.24) is 14.8 Å². The molecule has 0 unspecified atom stereocenters. The van der Waals surface area contributed by atoms with E-state index in [9.17, 15) is 9.59 Å². The molecule has 8 nitrogen and oxygen atoms in total. The fraction of sp³-hybridized carbons (Fsp3) is 0.483. The van der Waals surface area contributed by atoms with Gasteiger partial charge in [-0.1, -0.05) is 18.2 Å². The van der Waals surface area contributed by atoms with Gasteiger partial charge in [0, 0.05) is 48.8 Å². The molecule has 5 aliphatic rings. The van der Waals surface area contributed by atoms with E-state index in [-0.39, 0.29) is 35.5 Å². The van der Waals surface area contributed by atoms with E-state index >= 15 is 0 Å². The number of esters is 1. The first-order chi connectivity index (χ1) is 18.0. The standard InChI is InChI=1S/C29H31N3O5/c1-17(33)35-23-9-7-18-15-22-20-8-10-24(27-29(20,11-14-31(22)2)25(18)26(23)37-27)36-28(34)32-13-4-6-21(32)19-5-3-12-30-16-19/h3,5,7-10,12,16,20-22,24,27H,4,6,11,13-15H2,1-2H3/t20-,21-,22+,24-,27-,29-/m0/s1. The Kier molecular flexibility index (Phi) is 5.12. The molecule has 1 aromatic carbocycles. The van der Waals surface area contributed by atoms with E-state index in [1.807, 2.05) is 35.4 Å². The molecule has 1 aromatic heterocycles. The minimum absolute atomic E-state index is 0.0362. The molecule has 6 atom stereocenters. The molecule has 1 spiro atoms. The van der Waals surface area contributed by atoms with Crippen molar-refractivity contribution in [2.45, 2.75) is 62.3 Å². The number of likely N-dealkylation sites (N-methyl/N-ethyl adjacent to an activating group) is 1. The summed E-state index contributed by atoms with van der Waals surface area (Å²) in [5, 5.41) is 0. The summed E-state index contributed by atoms with van der Waals surface area (Å²) in [6.07, 6.45) is 10.2. The van der Waals surface area contributed by atoms with Gasteiger partial charge in [0.15, 0.2) is 17.6 Å². The van der Waals surface area contributed by atoms with Crippen LogP contribution in [0.15, 0.2) is 48.8 Å².